The van der Waals surface area contributed by atoms with E-state index in [2.05, 4.69) is 129 Å². The highest BCUT2D eigenvalue weighted by molar-refractivity contribution is 7.10. The molecule has 7 aromatic heterocycles. The van der Waals surface area contributed by atoms with Gasteiger partial charge in [0.25, 0.3) is 0 Å². The predicted octanol–water partition coefficient (Wildman–Crippen LogP) is 11.3. The van der Waals surface area contributed by atoms with Crippen molar-refractivity contribution >= 4 is 91.7 Å². The van der Waals surface area contributed by atoms with Gasteiger partial charge in [0, 0.05) is 89.5 Å². The summed E-state index contributed by atoms with van der Waals surface area (Å²) in [4.78, 5) is 23.7. The van der Waals surface area contributed by atoms with Gasteiger partial charge in [-0.2, -0.15) is 0 Å². The van der Waals surface area contributed by atoms with Gasteiger partial charge in [0.05, 0.1) is 22.8 Å². The first kappa shape index (κ1) is 29.5. The highest BCUT2D eigenvalue weighted by Gasteiger charge is 2.18. The number of nitrogens with one attached hydrogen (secondary N) is 2. The van der Waals surface area contributed by atoms with Gasteiger partial charge in [-0.1, -0.05) is 24.3 Å². The van der Waals surface area contributed by atoms with Crippen LogP contribution in [0.1, 0.15) is 64.5 Å². The van der Waals surface area contributed by atoms with E-state index in [1.807, 2.05) is 0 Å². The van der Waals surface area contributed by atoms with Crippen LogP contribution < -0.4 is 0 Å². The smallest absolute Gasteiger partial charge is 0.0695 e. The van der Waals surface area contributed by atoms with E-state index in [0.717, 1.165) is 76.1 Å². The highest BCUT2D eigenvalue weighted by Crippen LogP contribution is 2.32. The predicted molar refractivity (Wildman–Crippen MR) is 207 cm³/mol. The number of H-pyrrole nitrogens is 2. The molecule has 0 radical (unpaired) electrons. The fraction of sp³-hybridized carbons (Fsp3) is 0.100. The first-order valence-corrected chi connectivity index (χ1v) is 19.5. The maximum atomic E-state index is 5.36. The number of thiophene rings is 4. The van der Waals surface area contributed by atoms with Crippen LogP contribution >= 0.6 is 45.3 Å². The Morgan fingerprint density at radius 3 is 1.04 bits per heavy atom. The molecule has 0 amide bonds. The van der Waals surface area contributed by atoms with Crippen molar-refractivity contribution < 1.29 is 0 Å². The third-order valence-corrected chi connectivity index (χ3v) is 12.4. The Balaban J connectivity index is 1.37. The van der Waals surface area contributed by atoms with Gasteiger partial charge in [-0.3, -0.25) is 0 Å². The lowest BCUT2D eigenvalue weighted by atomic mass is 10.1. The van der Waals surface area contributed by atoms with E-state index in [0.29, 0.717) is 0 Å². The standard InChI is InChI=1S/C40H30N4S4/c1-5-25(45-17-1)21-29-33-9-11-35(41-33)30(22-26-6-2-18-46-26)37-13-15-39(43-37)32(24-28-8-4-20-48-28)40-16-14-38(44-40)31(23-27-7-3-19-47-27)36-12-10-34(29)42-36/h1-20,41-42H,21-24H2. The first-order valence-electron chi connectivity index (χ1n) is 15.9. The molecule has 0 unspecified atom stereocenters. The van der Waals surface area contributed by atoms with Crippen molar-refractivity contribution in [3.63, 3.8) is 0 Å². The second kappa shape index (κ2) is 12.8. The lowest BCUT2D eigenvalue weighted by Gasteiger charge is -2.05. The molecule has 2 N–H and O–H groups in total. The molecule has 2 aliphatic rings. The summed E-state index contributed by atoms with van der Waals surface area (Å²) in [6.07, 6.45) is 12.0. The normalized spacial score (nSPS) is 12.3. The maximum absolute atomic E-state index is 5.36. The molecule has 0 saturated carbocycles. The topological polar surface area (TPSA) is 57.4 Å². The molecule has 0 aliphatic carbocycles. The minimum absolute atomic E-state index is 0.783. The van der Waals surface area contributed by atoms with Crippen LogP contribution in [0.2, 0.25) is 0 Å². The van der Waals surface area contributed by atoms with E-state index in [1.165, 1.54) is 36.2 Å². The SMILES string of the molecule is C1=Cc2nc1c(Cc1cccs1)c1nc(c(Cc3cccs3)c3ccc([nH]3)c(Cc3cccs3)c3ccc([nH]3)c2Cc2cccs2)C=C1. The van der Waals surface area contributed by atoms with E-state index < -0.39 is 0 Å². The second-order valence-electron chi connectivity index (χ2n) is 11.9. The molecule has 8 bridgehead atoms. The lowest BCUT2D eigenvalue weighted by molar-refractivity contribution is 1.11. The average molecular weight is 695 g/mol. The molecule has 0 saturated heterocycles. The summed E-state index contributed by atoms with van der Waals surface area (Å²) in [6, 6.07) is 26.3. The maximum Gasteiger partial charge on any atom is 0.0695 e. The van der Waals surface area contributed by atoms with Crippen molar-refractivity contribution in [2.24, 2.45) is 0 Å². The Labute approximate surface area is 294 Å². The zero-order valence-electron chi connectivity index (χ0n) is 25.9. The van der Waals surface area contributed by atoms with Crippen LogP contribution in [0.3, 0.4) is 0 Å². The molecule has 9 rings (SSSR count). The van der Waals surface area contributed by atoms with E-state index in [4.69, 9.17) is 9.97 Å². The Morgan fingerprint density at radius 2 is 0.688 bits per heavy atom. The van der Waals surface area contributed by atoms with Crippen molar-refractivity contribution in [1.82, 2.24) is 19.9 Å². The molecule has 0 spiro atoms. The van der Waals surface area contributed by atoms with E-state index in [1.54, 1.807) is 45.3 Å². The summed E-state index contributed by atoms with van der Waals surface area (Å²) in [7, 11) is 0. The average Bonchev–Trinajstić information content (AvgIpc) is 3.96. The molecule has 234 valence electrons. The third-order valence-electron chi connectivity index (χ3n) is 8.91. The van der Waals surface area contributed by atoms with Gasteiger partial charge in [0.15, 0.2) is 0 Å². The van der Waals surface area contributed by atoms with Crippen molar-refractivity contribution in [2.45, 2.75) is 25.7 Å². The molecule has 8 heteroatoms. The van der Waals surface area contributed by atoms with Gasteiger partial charge >= 0.3 is 0 Å². The summed E-state index contributed by atoms with van der Waals surface area (Å²) < 4.78 is 0. The Morgan fingerprint density at radius 1 is 0.375 bits per heavy atom. The van der Waals surface area contributed by atoms with Crippen molar-refractivity contribution in [1.29, 1.82) is 0 Å². The van der Waals surface area contributed by atoms with E-state index in [-0.39, 0.29) is 0 Å². The summed E-state index contributed by atoms with van der Waals surface area (Å²) in [6.45, 7) is 0. The number of aromatic nitrogens is 4. The van der Waals surface area contributed by atoms with Crippen LogP contribution in [0.5, 0.6) is 0 Å². The van der Waals surface area contributed by atoms with Crippen LogP contribution in [0.25, 0.3) is 46.4 Å². The third kappa shape index (κ3) is 5.86. The van der Waals surface area contributed by atoms with Gasteiger partial charge in [-0.25, -0.2) is 9.97 Å². The minimum Gasteiger partial charge on any atom is -0.355 e. The largest absolute Gasteiger partial charge is 0.355 e. The van der Waals surface area contributed by atoms with Crippen LogP contribution in [0, 0.1) is 0 Å². The molecule has 48 heavy (non-hydrogen) atoms. The van der Waals surface area contributed by atoms with Crippen LogP contribution in [-0.2, 0) is 25.7 Å². The van der Waals surface area contributed by atoms with Crippen LogP contribution in [-0.4, -0.2) is 19.9 Å². The zero-order chi connectivity index (χ0) is 31.9. The highest BCUT2D eigenvalue weighted by atomic mass is 32.1. The fourth-order valence-electron chi connectivity index (χ4n) is 6.54. The van der Waals surface area contributed by atoms with Gasteiger partial charge in [0.2, 0.25) is 0 Å². The Kier molecular flexibility index (Phi) is 7.86. The number of rotatable bonds is 8. The first-order chi connectivity index (χ1) is 23.7. The number of nitrogens with zero attached hydrogens (tertiary/aromatic N) is 2. The molecule has 0 fully saturated rings. The zero-order valence-corrected chi connectivity index (χ0v) is 29.2. The molecule has 9 heterocycles. The van der Waals surface area contributed by atoms with Crippen molar-refractivity contribution in [3.05, 3.63) is 159 Å². The lowest BCUT2D eigenvalue weighted by Crippen LogP contribution is -1.97. The summed E-state index contributed by atoms with van der Waals surface area (Å²) in [5.74, 6) is 0. The number of fused-ring (bicyclic) bond motifs is 8. The number of hydrogen-bond acceptors (Lipinski definition) is 6. The van der Waals surface area contributed by atoms with Crippen LogP contribution in [0.4, 0.5) is 0 Å². The minimum atomic E-state index is 0.783. The number of hydrogen-bond donors (Lipinski definition) is 2. The van der Waals surface area contributed by atoms with Crippen molar-refractivity contribution in [3.8, 4) is 0 Å². The summed E-state index contributed by atoms with van der Waals surface area (Å²) >= 11 is 7.16. The molecule has 7 aromatic rings. The molecule has 2 aliphatic heterocycles. The van der Waals surface area contributed by atoms with Gasteiger partial charge < -0.3 is 9.97 Å². The molecule has 0 aromatic carbocycles. The molecular formula is C40H30N4S4. The quantitative estimate of drug-likeness (QED) is 0.166. The second-order valence-corrected chi connectivity index (χ2v) is 16.1. The van der Waals surface area contributed by atoms with Gasteiger partial charge in [0.1, 0.15) is 0 Å². The molecule has 0 atom stereocenters. The van der Waals surface area contributed by atoms with Gasteiger partial charge in [-0.05, 0) is 94.4 Å². The molecule has 4 nitrogen and oxygen atoms in total. The van der Waals surface area contributed by atoms with Crippen LogP contribution in [0.15, 0.2) is 94.3 Å². The summed E-state index contributed by atoms with van der Waals surface area (Å²) in [5, 5.41) is 8.61. The number of aromatic amines is 2. The monoisotopic (exact) mass is 694 g/mol. The summed E-state index contributed by atoms with van der Waals surface area (Å²) in [5.41, 5.74) is 13.2. The Bertz CT molecular complexity index is 2300. The van der Waals surface area contributed by atoms with Crippen molar-refractivity contribution in [2.75, 3.05) is 0 Å². The molecular weight excluding hydrogens is 665 g/mol. The van der Waals surface area contributed by atoms with E-state index >= 15 is 0 Å². The fourth-order valence-corrected chi connectivity index (χ4v) is 9.40. The van der Waals surface area contributed by atoms with E-state index in [9.17, 15) is 0 Å². The Hall–Kier alpha value is -4.60. The van der Waals surface area contributed by atoms with Gasteiger partial charge in [-0.15, -0.1) is 45.3 Å².